The number of rotatable bonds is 4. The van der Waals surface area contributed by atoms with Gasteiger partial charge in [0.25, 0.3) is 0 Å². The third kappa shape index (κ3) is 4.09. The van der Waals surface area contributed by atoms with Gasteiger partial charge in [-0.25, -0.2) is 4.68 Å². The van der Waals surface area contributed by atoms with Crippen LogP contribution < -0.4 is 0 Å². The lowest BCUT2D eigenvalue weighted by Gasteiger charge is -2.38. The maximum Gasteiger partial charge on any atom is 0.408 e. The van der Waals surface area contributed by atoms with Gasteiger partial charge in [0.1, 0.15) is 6.54 Å². The van der Waals surface area contributed by atoms with E-state index in [9.17, 15) is 13.2 Å². The van der Waals surface area contributed by atoms with Gasteiger partial charge in [0.2, 0.25) is 0 Å². The molecule has 1 aromatic carbocycles. The highest BCUT2D eigenvalue weighted by Crippen LogP contribution is 2.27. The Kier molecular flexibility index (Phi) is 4.81. The summed E-state index contributed by atoms with van der Waals surface area (Å²) in [6.07, 6.45) is -4.36. The van der Waals surface area contributed by atoms with Crippen molar-refractivity contribution in [3.8, 4) is 0 Å². The van der Waals surface area contributed by atoms with Crippen LogP contribution in [0.25, 0.3) is 0 Å². The van der Waals surface area contributed by atoms with Gasteiger partial charge in [-0.2, -0.15) is 13.2 Å². The Hall–Kier alpha value is -2.00. The summed E-state index contributed by atoms with van der Waals surface area (Å²) in [6.45, 7) is 2.05. The molecule has 24 heavy (non-hydrogen) atoms. The van der Waals surface area contributed by atoms with Crippen LogP contribution in [0.2, 0.25) is 0 Å². The molecule has 0 N–H and O–H groups in total. The van der Waals surface area contributed by atoms with Crippen molar-refractivity contribution < 1.29 is 17.9 Å². The van der Waals surface area contributed by atoms with Crippen LogP contribution in [0.1, 0.15) is 24.4 Å². The number of halogens is 3. The lowest BCUT2D eigenvalue weighted by atomic mass is 10.0. The minimum absolute atomic E-state index is 0.00286. The van der Waals surface area contributed by atoms with Crippen molar-refractivity contribution in [1.82, 2.24) is 25.1 Å². The molecule has 3 rings (SSSR count). The maximum absolute atomic E-state index is 12.6. The zero-order valence-electron chi connectivity index (χ0n) is 13.1. The molecule has 1 aliphatic heterocycles. The normalized spacial score (nSPS) is 22.7. The molecule has 0 spiro atoms. The molecule has 1 aromatic heterocycles. The van der Waals surface area contributed by atoms with Crippen molar-refractivity contribution in [3.05, 3.63) is 41.7 Å². The van der Waals surface area contributed by atoms with E-state index in [2.05, 4.69) is 20.4 Å². The molecule has 2 heterocycles. The van der Waals surface area contributed by atoms with Crippen molar-refractivity contribution in [2.24, 2.45) is 0 Å². The maximum atomic E-state index is 12.6. The van der Waals surface area contributed by atoms with Crippen LogP contribution in [-0.2, 0) is 17.8 Å². The molecule has 1 saturated heterocycles. The highest BCUT2D eigenvalue weighted by molar-refractivity contribution is 5.19. The van der Waals surface area contributed by atoms with Crippen molar-refractivity contribution in [1.29, 1.82) is 0 Å². The number of morpholine rings is 1. The summed E-state index contributed by atoms with van der Waals surface area (Å²) in [5, 5.41) is 10.6. The van der Waals surface area contributed by atoms with E-state index >= 15 is 0 Å². The van der Waals surface area contributed by atoms with Crippen molar-refractivity contribution in [2.45, 2.75) is 38.3 Å². The summed E-state index contributed by atoms with van der Waals surface area (Å²) in [7, 11) is 0. The molecular formula is C15H18F3N5O. The molecule has 1 aliphatic rings. The summed E-state index contributed by atoms with van der Waals surface area (Å²) in [6, 6.07) is 9.70. The molecule has 2 atom stereocenters. The van der Waals surface area contributed by atoms with Crippen LogP contribution in [0.15, 0.2) is 30.3 Å². The predicted molar refractivity (Wildman–Crippen MR) is 78.9 cm³/mol. The van der Waals surface area contributed by atoms with Gasteiger partial charge in [0.15, 0.2) is 5.82 Å². The van der Waals surface area contributed by atoms with Crippen LogP contribution in [0.4, 0.5) is 13.2 Å². The number of aromatic nitrogens is 4. The topological polar surface area (TPSA) is 56.1 Å². The summed E-state index contributed by atoms with van der Waals surface area (Å²) in [4.78, 5) is 2.06. The lowest BCUT2D eigenvalue weighted by molar-refractivity contribution is -0.143. The Labute approximate surface area is 137 Å². The van der Waals surface area contributed by atoms with Gasteiger partial charge in [-0.05, 0) is 22.9 Å². The first kappa shape index (κ1) is 16.8. The summed E-state index contributed by atoms with van der Waals surface area (Å²) in [5.41, 5.74) is 1.05. The molecule has 0 aliphatic carbocycles. The number of nitrogens with zero attached hydrogens (tertiary/aromatic N) is 5. The molecule has 0 bridgehead atoms. The fraction of sp³-hybridized carbons (Fsp3) is 0.533. The second-order valence-electron chi connectivity index (χ2n) is 5.87. The largest absolute Gasteiger partial charge is 0.408 e. The molecule has 0 radical (unpaired) electrons. The van der Waals surface area contributed by atoms with Crippen LogP contribution >= 0.6 is 0 Å². The number of benzene rings is 1. The van der Waals surface area contributed by atoms with E-state index in [0.29, 0.717) is 13.2 Å². The average Bonchev–Trinajstić information content (AvgIpc) is 2.93. The Morgan fingerprint density at radius 3 is 2.71 bits per heavy atom. The Morgan fingerprint density at radius 1 is 1.25 bits per heavy atom. The molecular weight excluding hydrogens is 323 g/mol. The van der Waals surface area contributed by atoms with E-state index in [1.807, 2.05) is 37.3 Å². The highest BCUT2D eigenvalue weighted by Gasteiger charge is 2.33. The van der Waals surface area contributed by atoms with Gasteiger partial charge < -0.3 is 4.74 Å². The Balaban J connectivity index is 1.80. The zero-order valence-corrected chi connectivity index (χ0v) is 13.1. The fourth-order valence-corrected chi connectivity index (χ4v) is 2.84. The summed E-state index contributed by atoms with van der Waals surface area (Å²) in [5.74, 6) is 0.197. The van der Waals surface area contributed by atoms with Gasteiger partial charge >= 0.3 is 6.18 Å². The Bertz CT molecular complexity index is 661. The van der Waals surface area contributed by atoms with Gasteiger partial charge in [-0.3, -0.25) is 4.90 Å². The summed E-state index contributed by atoms with van der Waals surface area (Å²) < 4.78 is 44.4. The van der Waals surface area contributed by atoms with Gasteiger partial charge in [0, 0.05) is 6.54 Å². The SMILES string of the molecule is C[C@@H]1CN(Cc2nnnn2CC(F)(F)F)[C@@H](c2ccccc2)CO1. The Morgan fingerprint density at radius 2 is 2.00 bits per heavy atom. The fourth-order valence-electron chi connectivity index (χ4n) is 2.84. The number of hydrogen-bond donors (Lipinski definition) is 0. The number of ether oxygens (including phenoxy) is 1. The minimum atomic E-state index is -4.36. The zero-order chi connectivity index (χ0) is 17.2. The molecule has 130 valence electrons. The second-order valence-corrected chi connectivity index (χ2v) is 5.87. The van der Waals surface area contributed by atoms with E-state index < -0.39 is 12.7 Å². The molecule has 9 heteroatoms. The number of alkyl halides is 3. The molecule has 0 amide bonds. The standard InChI is InChI=1S/C15H18F3N5O/c1-11-7-22(13(9-24-11)12-5-3-2-4-6-12)8-14-19-20-21-23(14)10-15(16,17)18/h2-6,11,13H,7-10H2,1H3/t11-,13-/m1/s1. The molecule has 0 saturated carbocycles. The van der Waals surface area contributed by atoms with Crippen LogP contribution in [0.5, 0.6) is 0 Å². The smallest absolute Gasteiger partial charge is 0.375 e. The van der Waals surface area contributed by atoms with Crippen molar-refractivity contribution in [3.63, 3.8) is 0 Å². The first-order valence-corrected chi connectivity index (χ1v) is 7.65. The lowest BCUT2D eigenvalue weighted by Crippen LogP contribution is -2.43. The van der Waals surface area contributed by atoms with E-state index in [1.165, 1.54) is 0 Å². The van der Waals surface area contributed by atoms with Crippen molar-refractivity contribution in [2.75, 3.05) is 13.2 Å². The van der Waals surface area contributed by atoms with Crippen LogP contribution in [-0.4, -0.2) is 50.5 Å². The molecule has 1 fully saturated rings. The average molecular weight is 341 g/mol. The van der Waals surface area contributed by atoms with Crippen LogP contribution in [0.3, 0.4) is 0 Å². The third-order valence-corrected chi connectivity index (χ3v) is 3.93. The van der Waals surface area contributed by atoms with E-state index in [0.717, 1.165) is 10.2 Å². The molecule has 2 aromatic rings. The first-order valence-electron chi connectivity index (χ1n) is 7.65. The van der Waals surface area contributed by atoms with E-state index in [-0.39, 0.29) is 24.5 Å². The van der Waals surface area contributed by atoms with Gasteiger partial charge in [-0.15, -0.1) is 5.10 Å². The molecule has 0 unspecified atom stereocenters. The monoisotopic (exact) mass is 341 g/mol. The predicted octanol–water partition coefficient (Wildman–Crippen LogP) is 2.20. The molecule has 6 nitrogen and oxygen atoms in total. The first-order chi connectivity index (χ1) is 11.4. The quantitative estimate of drug-likeness (QED) is 0.853. The number of hydrogen-bond acceptors (Lipinski definition) is 5. The second kappa shape index (κ2) is 6.86. The summed E-state index contributed by atoms with van der Waals surface area (Å²) >= 11 is 0. The van der Waals surface area contributed by atoms with Crippen LogP contribution in [0, 0.1) is 0 Å². The highest BCUT2D eigenvalue weighted by atomic mass is 19.4. The minimum Gasteiger partial charge on any atom is -0.375 e. The third-order valence-electron chi connectivity index (χ3n) is 3.93. The van der Waals surface area contributed by atoms with E-state index in [1.54, 1.807) is 0 Å². The number of tetrazole rings is 1. The van der Waals surface area contributed by atoms with Gasteiger partial charge in [-0.1, -0.05) is 30.3 Å². The van der Waals surface area contributed by atoms with E-state index in [4.69, 9.17) is 4.74 Å². The van der Waals surface area contributed by atoms with Gasteiger partial charge in [0.05, 0.1) is 25.3 Å². The van der Waals surface area contributed by atoms with Crippen molar-refractivity contribution >= 4 is 0 Å².